The minimum atomic E-state index is -0.258. The summed E-state index contributed by atoms with van der Waals surface area (Å²) in [6.45, 7) is 5.94. The number of aryl methyl sites for hydroxylation is 1. The molecule has 0 radical (unpaired) electrons. The number of hydrogen-bond donors (Lipinski definition) is 1. The number of aliphatic hydroxyl groups is 1. The van der Waals surface area contributed by atoms with Crippen LogP contribution in [0.3, 0.4) is 0 Å². The van der Waals surface area contributed by atoms with Gasteiger partial charge in [0.15, 0.2) is 11.6 Å². The quantitative estimate of drug-likeness (QED) is 0.840. The number of β-amino-alcohol motifs (C(OH)–C–C–N with tert-alkyl or cyclic N) is 1. The summed E-state index contributed by atoms with van der Waals surface area (Å²) in [5.74, 6) is 0.194. The normalized spacial score (nSPS) is 17.5. The highest BCUT2D eigenvalue weighted by atomic mass is 19.1. The van der Waals surface area contributed by atoms with Crippen LogP contribution in [-0.2, 0) is 0 Å². The van der Waals surface area contributed by atoms with Crippen LogP contribution >= 0.6 is 0 Å². The molecule has 0 spiro atoms. The third-order valence-electron chi connectivity index (χ3n) is 3.05. The first-order valence-electron chi connectivity index (χ1n) is 5.92. The number of rotatable bonds is 3. The third-order valence-corrected chi connectivity index (χ3v) is 3.05. The average molecular weight is 239 g/mol. The number of aromatic nitrogens is 1. The monoisotopic (exact) mass is 239 g/mol. The van der Waals surface area contributed by atoms with Gasteiger partial charge < -0.3 is 10.0 Å². The first-order chi connectivity index (χ1) is 8.20. The van der Waals surface area contributed by atoms with E-state index < -0.39 is 0 Å². The van der Waals surface area contributed by atoms with Crippen molar-refractivity contribution >= 4 is 5.82 Å². The average Bonchev–Trinajstić information content (AvgIpc) is 2.34. The number of hydrogen-bond acceptors (Lipinski definition) is 4. The van der Waals surface area contributed by atoms with Crippen LogP contribution in [0.5, 0.6) is 0 Å². The van der Waals surface area contributed by atoms with Crippen LogP contribution in [0.15, 0.2) is 12.1 Å². The minimum absolute atomic E-state index is 0.178. The molecule has 17 heavy (non-hydrogen) atoms. The summed E-state index contributed by atoms with van der Waals surface area (Å²) in [4.78, 5) is 8.39. The van der Waals surface area contributed by atoms with Crippen LogP contribution in [-0.4, -0.2) is 54.3 Å². The van der Waals surface area contributed by atoms with E-state index in [4.69, 9.17) is 5.11 Å². The molecule has 1 aromatic rings. The second-order valence-electron chi connectivity index (χ2n) is 4.31. The van der Waals surface area contributed by atoms with E-state index in [0.717, 1.165) is 31.9 Å². The zero-order chi connectivity index (χ0) is 12.3. The Kier molecular flexibility index (Phi) is 3.91. The van der Waals surface area contributed by atoms with E-state index in [9.17, 15) is 4.39 Å². The zero-order valence-corrected chi connectivity index (χ0v) is 10.1. The predicted octanol–water partition coefficient (Wildman–Crippen LogP) is 0.643. The minimum Gasteiger partial charge on any atom is -0.395 e. The molecule has 1 aliphatic heterocycles. The van der Waals surface area contributed by atoms with Gasteiger partial charge in [-0.25, -0.2) is 9.37 Å². The van der Waals surface area contributed by atoms with Gasteiger partial charge in [0.2, 0.25) is 0 Å². The highest BCUT2D eigenvalue weighted by molar-refractivity contribution is 5.41. The number of nitrogens with zero attached hydrogens (tertiary/aromatic N) is 3. The Hall–Kier alpha value is -1.20. The smallest absolute Gasteiger partial charge is 0.165 e. The van der Waals surface area contributed by atoms with Crippen molar-refractivity contribution in [2.24, 2.45) is 0 Å². The Balaban J connectivity index is 2.02. The first-order valence-corrected chi connectivity index (χ1v) is 5.92. The molecule has 1 saturated heterocycles. The fraction of sp³-hybridized carbons (Fsp3) is 0.583. The Bertz CT molecular complexity index is 378. The largest absolute Gasteiger partial charge is 0.395 e. The molecular weight excluding hydrogens is 221 g/mol. The molecule has 5 heteroatoms. The second-order valence-corrected chi connectivity index (χ2v) is 4.31. The third kappa shape index (κ3) is 2.92. The van der Waals surface area contributed by atoms with Crippen LogP contribution < -0.4 is 4.90 Å². The molecule has 0 bridgehead atoms. The Labute approximate surface area is 101 Å². The summed E-state index contributed by atoms with van der Waals surface area (Å²) in [6.07, 6.45) is 0. The maximum Gasteiger partial charge on any atom is 0.165 e. The second kappa shape index (κ2) is 5.42. The van der Waals surface area contributed by atoms with Crippen LogP contribution in [0.4, 0.5) is 10.2 Å². The molecule has 4 nitrogen and oxygen atoms in total. The fourth-order valence-electron chi connectivity index (χ4n) is 2.07. The van der Waals surface area contributed by atoms with Crippen LogP contribution in [0.25, 0.3) is 0 Å². The van der Waals surface area contributed by atoms with E-state index in [1.54, 1.807) is 6.07 Å². The molecule has 0 atom stereocenters. The van der Waals surface area contributed by atoms with Gasteiger partial charge in [0.05, 0.1) is 6.61 Å². The molecule has 0 saturated carbocycles. The lowest BCUT2D eigenvalue weighted by molar-refractivity contribution is 0.188. The van der Waals surface area contributed by atoms with Gasteiger partial charge in [-0.2, -0.15) is 0 Å². The molecule has 1 aromatic heterocycles. The molecule has 0 aromatic carbocycles. The van der Waals surface area contributed by atoms with Crippen LogP contribution in [0.2, 0.25) is 0 Å². The molecule has 2 heterocycles. The van der Waals surface area contributed by atoms with E-state index in [2.05, 4.69) is 9.88 Å². The summed E-state index contributed by atoms with van der Waals surface area (Å²) >= 11 is 0. The maximum atomic E-state index is 13.6. The highest BCUT2D eigenvalue weighted by Gasteiger charge is 2.20. The van der Waals surface area contributed by atoms with Gasteiger partial charge in [-0.3, -0.25) is 4.90 Å². The van der Waals surface area contributed by atoms with E-state index in [1.165, 1.54) is 6.07 Å². The van der Waals surface area contributed by atoms with E-state index in [-0.39, 0.29) is 12.4 Å². The van der Waals surface area contributed by atoms with Crippen molar-refractivity contribution in [3.05, 3.63) is 23.6 Å². The summed E-state index contributed by atoms with van der Waals surface area (Å²) in [5.41, 5.74) is 0.833. The zero-order valence-electron chi connectivity index (χ0n) is 10.1. The SMILES string of the molecule is Cc1ccc(F)c(N2CCN(CCO)CC2)n1. The van der Waals surface area contributed by atoms with Crippen molar-refractivity contribution in [2.75, 3.05) is 44.2 Å². The van der Waals surface area contributed by atoms with Gasteiger partial charge in [-0.05, 0) is 19.1 Å². The first kappa shape index (κ1) is 12.3. The molecule has 1 fully saturated rings. The molecule has 94 valence electrons. The van der Waals surface area contributed by atoms with Gasteiger partial charge in [-0.1, -0.05) is 0 Å². The van der Waals surface area contributed by atoms with Crippen molar-refractivity contribution in [3.63, 3.8) is 0 Å². The number of pyridine rings is 1. The topological polar surface area (TPSA) is 39.6 Å². The highest BCUT2D eigenvalue weighted by Crippen LogP contribution is 2.18. The van der Waals surface area contributed by atoms with Crippen molar-refractivity contribution in [1.29, 1.82) is 0 Å². The maximum absolute atomic E-state index is 13.6. The van der Waals surface area contributed by atoms with Crippen LogP contribution in [0.1, 0.15) is 5.69 Å². The Morgan fingerprint density at radius 3 is 2.65 bits per heavy atom. The van der Waals surface area contributed by atoms with Gasteiger partial charge in [-0.15, -0.1) is 0 Å². The van der Waals surface area contributed by atoms with Crippen molar-refractivity contribution < 1.29 is 9.50 Å². The molecule has 2 rings (SSSR count). The summed E-state index contributed by atoms with van der Waals surface area (Å²) in [7, 11) is 0. The number of piperazine rings is 1. The number of anilines is 1. The van der Waals surface area contributed by atoms with Gasteiger partial charge in [0.1, 0.15) is 0 Å². The van der Waals surface area contributed by atoms with E-state index >= 15 is 0 Å². The molecule has 1 N–H and O–H groups in total. The van der Waals surface area contributed by atoms with Crippen molar-refractivity contribution in [3.8, 4) is 0 Å². The van der Waals surface area contributed by atoms with Gasteiger partial charge in [0, 0.05) is 38.4 Å². The van der Waals surface area contributed by atoms with E-state index in [0.29, 0.717) is 12.4 Å². The molecular formula is C12H18FN3O. The summed E-state index contributed by atoms with van der Waals surface area (Å²) in [5, 5.41) is 8.85. The molecule has 1 aliphatic rings. The lowest BCUT2D eigenvalue weighted by Crippen LogP contribution is -2.47. The lowest BCUT2D eigenvalue weighted by atomic mass is 10.3. The van der Waals surface area contributed by atoms with Crippen LogP contribution in [0, 0.1) is 12.7 Å². The molecule has 0 unspecified atom stereocenters. The van der Waals surface area contributed by atoms with Crippen molar-refractivity contribution in [2.45, 2.75) is 6.92 Å². The standard InChI is InChI=1S/C12H18FN3O/c1-10-2-3-11(13)12(14-10)16-6-4-15(5-7-16)8-9-17/h2-3,17H,4-9H2,1H3. The molecule has 0 amide bonds. The fourth-order valence-corrected chi connectivity index (χ4v) is 2.07. The number of halogens is 1. The summed E-state index contributed by atoms with van der Waals surface area (Å²) in [6, 6.07) is 3.15. The van der Waals surface area contributed by atoms with Crippen molar-refractivity contribution in [1.82, 2.24) is 9.88 Å². The van der Waals surface area contributed by atoms with E-state index in [1.807, 2.05) is 11.8 Å². The Morgan fingerprint density at radius 2 is 2.00 bits per heavy atom. The lowest BCUT2D eigenvalue weighted by Gasteiger charge is -2.35. The predicted molar refractivity (Wildman–Crippen MR) is 64.7 cm³/mol. The summed E-state index contributed by atoms with van der Waals surface area (Å²) < 4.78 is 13.6. The van der Waals surface area contributed by atoms with Gasteiger partial charge in [0.25, 0.3) is 0 Å². The Morgan fingerprint density at radius 1 is 1.29 bits per heavy atom. The molecule has 0 aliphatic carbocycles. The van der Waals surface area contributed by atoms with Gasteiger partial charge >= 0.3 is 0 Å². The number of aliphatic hydroxyl groups excluding tert-OH is 1.